The fourth-order valence-electron chi connectivity index (χ4n) is 3.74. The molecule has 3 aliphatic rings. The van der Waals surface area contributed by atoms with Gasteiger partial charge < -0.3 is 4.90 Å². The van der Waals surface area contributed by atoms with Gasteiger partial charge in [0.25, 0.3) is 0 Å². The first-order valence-corrected chi connectivity index (χ1v) is 8.20. The number of hydrogen-bond donors (Lipinski definition) is 1. The van der Waals surface area contributed by atoms with E-state index >= 15 is 0 Å². The molecule has 3 heteroatoms. The van der Waals surface area contributed by atoms with Crippen molar-refractivity contribution in [3.05, 3.63) is 0 Å². The molecule has 0 spiro atoms. The van der Waals surface area contributed by atoms with Gasteiger partial charge in [-0.05, 0) is 56.3 Å². The minimum Gasteiger partial charge on any atom is -0.322 e. The predicted octanol–water partition coefficient (Wildman–Crippen LogP) is 2.76. The number of carbonyl (C=O) groups is 1. The summed E-state index contributed by atoms with van der Waals surface area (Å²) in [6, 6.07) is 0.632. The number of rotatable bonds is 6. The van der Waals surface area contributed by atoms with E-state index in [0.29, 0.717) is 24.0 Å². The average molecular weight is 264 g/mol. The van der Waals surface area contributed by atoms with Gasteiger partial charge in [-0.3, -0.25) is 10.1 Å². The van der Waals surface area contributed by atoms with Crippen LogP contribution in [0.25, 0.3) is 0 Å². The topological polar surface area (TPSA) is 32.3 Å². The highest BCUT2D eigenvalue weighted by Gasteiger charge is 2.51. The Labute approximate surface area is 117 Å². The van der Waals surface area contributed by atoms with Crippen molar-refractivity contribution in [3.63, 3.8) is 0 Å². The van der Waals surface area contributed by atoms with Gasteiger partial charge in [-0.1, -0.05) is 20.8 Å². The lowest BCUT2D eigenvalue weighted by atomic mass is 10.0. The Morgan fingerprint density at radius 3 is 2.21 bits per heavy atom. The maximum absolute atomic E-state index is 12.8. The molecule has 1 N–H and O–H groups in total. The number of hydrogen-bond acceptors (Lipinski definition) is 2. The zero-order valence-electron chi connectivity index (χ0n) is 12.6. The average Bonchev–Trinajstić information content (AvgIpc) is 3.24. The molecule has 1 amide bonds. The van der Waals surface area contributed by atoms with Crippen LogP contribution in [0.3, 0.4) is 0 Å². The highest BCUT2D eigenvalue weighted by atomic mass is 16.2. The molecule has 2 saturated carbocycles. The molecule has 1 heterocycles. The molecule has 3 nitrogen and oxygen atoms in total. The van der Waals surface area contributed by atoms with Gasteiger partial charge in [0.05, 0.1) is 12.2 Å². The second kappa shape index (κ2) is 5.08. The van der Waals surface area contributed by atoms with Gasteiger partial charge >= 0.3 is 0 Å². The van der Waals surface area contributed by atoms with Gasteiger partial charge in [-0.2, -0.15) is 0 Å². The third kappa shape index (κ3) is 2.67. The van der Waals surface area contributed by atoms with Crippen LogP contribution in [0.2, 0.25) is 0 Å². The van der Waals surface area contributed by atoms with Crippen molar-refractivity contribution in [1.29, 1.82) is 0 Å². The smallest absolute Gasteiger partial charge is 0.241 e. The summed E-state index contributed by atoms with van der Waals surface area (Å²) >= 11 is 0. The number of carbonyl (C=O) groups excluding carboxylic acids is 1. The maximum atomic E-state index is 12.8. The van der Waals surface area contributed by atoms with Crippen molar-refractivity contribution in [2.45, 2.75) is 77.5 Å². The highest BCUT2D eigenvalue weighted by Crippen LogP contribution is 2.48. The summed E-state index contributed by atoms with van der Waals surface area (Å²) in [5.74, 6) is 2.60. The van der Waals surface area contributed by atoms with Crippen LogP contribution in [-0.2, 0) is 4.79 Å². The van der Waals surface area contributed by atoms with Gasteiger partial charge in [-0.25, -0.2) is 0 Å². The molecule has 108 valence electrons. The second-order valence-electron chi connectivity index (χ2n) is 7.18. The summed E-state index contributed by atoms with van der Waals surface area (Å²) in [6.07, 6.45) is 7.69. The second-order valence-corrected chi connectivity index (χ2v) is 7.18. The van der Waals surface area contributed by atoms with E-state index in [2.05, 4.69) is 31.0 Å². The molecular weight excluding hydrogens is 236 g/mol. The van der Waals surface area contributed by atoms with Crippen molar-refractivity contribution < 1.29 is 4.79 Å². The van der Waals surface area contributed by atoms with Gasteiger partial charge in [0.2, 0.25) is 5.91 Å². The third-order valence-electron chi connectivity index (χ3n) is 4.91. The van der Waals surface area contributed by atoms with Gasteiger partial charge in [-0.15, -0.1) is 0 Å². The molecule has 2 atom stereocenters. The molecule has 0 bridgehead atoms. The first-order chi connectivity index (χ1) is 9.11. The normalized spacial score (nSPS) is 31.8. The van der Waals surface area contributed by atoms with E-state index in [1.165, 1.54) is 25.7 Å². The molecule has 2 unspecified atom stereocenters. The van der Waals surface area contributed by atoms with Gasteiger partial charge in [0, 0.05) is 6.04 Å². The van der Waals surface area contributed by atoms with Gasteiger partial charge in [0.1, 0.15) is 0 Å². The minimum absolute atomic E-state index is 0.0740. The van der Waals surface area contributed by atoms with Crippen LogP contribution in [0.5, 0.6) is 0 Å². The van der Waals surface area contributed by atoms with Crippen molar-refractivity contribution in [2.24, 2.45) is 17.8 Å². The predicted molar refractivity (Wildman–Crippen MR) is 76.5 cm³/mol. The SMILES string of the molecule is CCC1NC(CC(C)C)C(=O)N1C(C1CC1)C1CC1. The van der Waals surface area contributed by atoms with Crippen LogP contribution in [0, 0.1) is 17.8 Å². The van der Waals surface area contributed by atoms with Crippen molar-refractivity contribution >= 4 is 5.91 Å². The molecule has 2 aliphatic carbocycles. The monoisotopic (exact) mass is 264 g/mol. The van der Waals surface area contributed by atoms with E-state index in [9.17, 15) is 4.79 Å². The summed E-state index contributed by atoms with van der Waals surface area (Å²) in [4.78, 5) is 15.0. The summed E-state index contributed by atoms with van der Waals surface area (Å²) in [5, 5.41) is 3.59. The molecule has 3 fully saturated rings. The summed E-state index contributed by atoms with van der Waals surface area (Å²) in [5.41, 5.74) is 0. The molecule has 0 radical (unpaired) electrons. The van der Waals surface area contributed by atoms with E-state index in [0.717, 1.165) is 24.7 Å². The van der Waals surface area contributed by atoms with Crippen molar-refractivity contribution in [2.75, 3.05) is 0 Å². The largest absolute Gasteiger partial charge is 0.322 e. The van der Waals surface area contributed by atoms with Crippen LogP contribution in [0.4, 0.5) is 0 Å². The first kappa shape index (κ1) is 13.4. The Morgan fingerprint density at radius 1 is 1.21 bits per heavy atom. The minimum atomic E-state index is 0.0740. The molecule has 1 aliphatic heterocycles. The zero-order valence-corrected chi connectivity index (χ0v) is 12.6. The Hall–Kier alpha value is -0.570. The third-order valence-corrected chi connectivity index (χ3v) is 4.91. The van der Waals surface area contributed by atoms with E-state index < -0.39 is 0 Å². The summed E-state index contributed by atoms with van der Waals surface area (Å²) in [7, 11) is 0. The lowest BCUT2D eigenvalue weighted by Crippen LogP contribution is -2.46. The zero-order chi connectivity index (χ0) is 13.6. The van der Waals surface area contributed by atoms with E-state index in [1.807, 2.05) is 0 Å². The fraction of sp³-hybridized carbons (Fsp3) is 0.938. The lowest BCUT2D eigenvalue weighted by molar-refractivity contribution is -0.133. The molecule has 0 aromatic rings. The fourth-order valence-corrected chi connectivity index (χ4v) is 3.74. The molecule has 3 rings (SSSR count). The molecule has 19 heavy (non-hydrogen) atoms. The molecular formula is C16H28N2O. The van der Waals surface area contributed by atoms with Crippen LogP contribution in [0.1, 0.15) is 59.3 Å². The van der Waals surface area contributed by atoms with Crippen LogP contribution < -0.4 is 5.32 Å². The summed E-state index contributed by atoms with van der Waals surface area (Å²) in [6.45, 7) is 6.61. The molecule has 1 saturated heterocycles. The number of amides is 1. The van der Waals surface area contributed by atoms with E-state index in [1.54, 1.807) is 0 Å². The molecule has 0 aromatic carbocycles. The van der Waals surface area contributed by atoms with Crippen LogP contribution in [-0.4, -0.2) is 29.1 Å². The highest BCUT2D eigenvalue weighted by molar-refractivity contribution is 5.84. The Kier molecular flexibility index (Phi) is 3.59. The quantitative estimate of drug-likeness (QED) is 0.800. The van der Waals surface area contributed by atoms with Crippen molar-refractivity contribution in [3.8, 4) is 0 Å². The number of nitrogens with zero attached hydrogens (tertiary/aromatic N) is 1. The Bertz CT molecular complexity index is 335. The van der Waals surface area contributed by atoms with Crippen LogP contribution in [0.15, 0.2) is 0 Å². The van der Waals surface area contributed by atoms with Crippen LogP contribution >= 0.6 is 0 Å². The first-order valence-electron chi connectivity index (χ1n) is 8.20. The summed E-state index contributed by atoms with van der Waals surface area (Å²) < 4.78 is 0. The van der Waals surface area contributed by atoms with E-state index in [4.69, 9.17) is 0 Å². The Balaban J connectivity index is 1.75. The lowest BCUT2D eigenvalue weighted by Gasteiger charge is -2.33. The molecule has 0 aromatic heterocycles. The number of nitrogens with one attached hydrogen (secondary N) is 1. The van der Waals surface area contributed by atoms with Gasteiger partial charge in [0.15, 0.2) is 0 Å². The van der Waals surface area contributed by atoms with Crippen molar-refractivity contribution in [1.82, 2.24) is 10.2 Å². The standard InChI is InChI=1S/C16H28N2O/c1-4-14-17-13(9-10(2)3)16(19)18(14)15(11-5-6-11)12-7-8-12/h10-15,17H,4-9H2,1-3H3. The maximum Gasteiger partial charge on any atom is 0.241 e. The Morgan fingerprint density at radius 2 is 1.79 bits per heavy atom. The van der Waals surface area contributed by atoms with E-state index in [-0.39, 0.29) is 6.04 Å².